The smallest absolute Gasteiger partial charge is 0.0110 e. The molecule has 1 aromatic rings. The molecule has 1 nitrogen and oxygen atoms in total. The van der Waals surface area contributed by atoms with Gasteiger partial charge in [-0.15, -0.1) is 11.8 Å². The number of rotatable bonds is 3. The highest BCUT2D eigenvalue weighted by Crippen LogP contribution is 2.51. The summed E-state index contributed by atoms with van der Waals surface area (Å²) < 4.78 is 0. The van der Waals surface area contributed by atoms with Crippen LogP contribution in [0.3, 0.4) is 0 Å². The minimum Gasteiger partial charge on any atom is -0.303 e. The summed E-state index contributed by atoms with van der Waals surface area (Å²) in [4.78, 5) is 4.18. The molecular weight excluding hydrogens is 250 g/mol. The second kappa shape index (κ2) is 4.82. The number of benzene rings is 1. The van der Waals surface area contributed by atoms with Gasteiger partial charge in [0.15, 0.2) is 0 Å². The number of hydrogen-bond acceptors (Lipinski definition) is 2. The standard InChI is InChI=1S/C17H23NS/c1-18-9-3-4-14(18)10-13-11-19-16-6-2-5-15(17(13)16)12-7-8-12/h2,5-6,12-14H,3-4,7-11H2,1H3/t13-,14+/m0/s1. The van der Waals surface area contributed by atoms with Gasteiger partial charge >= 0.3 is 0 Å². The Kier molecular flexibility index (Phi) is 3.12. The maximum atomic E-state index is 2.59. The van der Waals surface area contributed by atoms with E-state index in [0.29, 0.717) is 0 Å². The number of thioether (sulfide) groups is 1. The van der Waals surface area contributed by atoms with Crippen LogP contribution in [0.5, 0.6) is 0 Å². The van der Waals surface area contributed by atoms with E-state index >= 15 is 0 Å². The van der Waals surface area contributed by atoms with Crippen LogP contribution in [0, 0.1) is 0 Å². The Balaban J connectivity index is 1.60. The summed E-state index contributed by atoms with van der Waals surface area (Å²) in [7, 11) is 2.31. The lowest BCUT2D eigenvalue weighted by Crippen LogP contribution is -2.27. The van der Waals surface area contributed by atoms with Gasteiger partial charge in [0.1, 0.15) is 0 Å². The second-order valence-corrected chi connectivity index (χ2v) is 7.62. The van der Waals surface area contributed by atoms with Crippen LogP contribution in [-0.2, 0) is 0 Å². The molecule has 1 saturated carbocycles. The van der Waals surface area contributed by atoms with Crippen molar-refractivity contribution in [1.29, 1.82) is 0 Å². The first-order chi connectivity index (χ1) is 9.33. The van der Waals surface area contributed by atoms with E-state index in [-0.39, 0.29) is 0 Å². The molecule has 0 amide bonds. The third-order valence-corrected chi connectivity index (χ3v) is 6.43. The fraction of sp³-hybridized carbons (Fsp3) is 0.647. The third kappa shape index (κ3) is 2.23. The Morgan fingerprint density at radius 1 is 1.26 bits per heavy atom. The van der Waals surface area contributed by atoms with Gasteiger partial charge in [-0.25, -0.2) is 0 Å². The molecule has 4 rings (SSSR count). The molecule has 1 saturated heterocycles. The Bertz CT molecular complexity index is 480. The zero-order valence-corrected chi connectivity index (χ0v) is 12.6. The van der Waals surface area contributed by atoms with E-state index in [2.05, 4.69) is 41.9 Å². The van der Waals surface area contributed by atoms with Crippen molar-refractivity contribution in [2.24, 2.45) is 0 Å². The molecule has 2 heteroatoms. The Morgan fingerprint density at radius 2 is 2.16 bits per heavy atom. The van der Waals surface area contributed by atoms with Gasteiger partial charge < -0.3 is 4.90 Å². The average Bonchev–Trinajstić information content (AvgIpc) is 3.08. The summed E-state index contributed by atoms with van der Waals surface area (Å²) in [5.74, 6) is 3.04. The number of hydrogen-bond donors (Lipinski definition) is 0. The molecule has 0 bridgehead atoms. The maximum absolute atomic E-state index is 2.59. The molecular formula is C17H23NS. The molecule has 2 aliphatic heterocycles. The number of nitrogens with zero attached hydrogens (tertiary/aromatic N) is 1. The van der Waals surface area contributed by atoms with Gasteiger partial charge in [0, 0.05) is 16.7 Å². The molecule has 3 aliphatic rings. The third-order valence-electron chi connectivity index (χ3n) is 5.19. The molecule has 0 aromatic heterocycles. The van der Waals surface area contributed by atoms with Crippen LogP contribution in [0.1, 0.15) is 55.1 Å². The van der Waals surface area contributed by atoms with Crippen molar-refractivity contribution >= 4 is 11.8 Å². The largest absolute Gasteiger partial charge is 0.303 e. The van der Waals surface area contributed by atoms with Gasteiger partial charge in [-0.1, -0.05) is 12.1 Å². The molecule has 19 heavy (non-hydrogen) atoms. The minimum atomic E-state index is 0.822. The quantitative estimate of drug-likeness (QED) is 0.810. The topological polar surface area (TPSA) is 3.24 Å². The highest BCUT2D eigenvalue weighted by atomic mass is 32.2. The van der Waals surface area contributed by atoms with Crippen LogP contribution in [0.15, 0.2) is 23.1 Å². The minimum absolute atomic E-state index is 0.822. The summed E-state index contributed by atoms with van der Waals surface area (Å²) in [6, 6.07) is 7.88. The first kappa shape index (κ1) is 12.3. The van der Waals surface area contributed by atoms with Gasteiger partial charge in [0.2, 0.25) is 0 Å². The fourth-order valence-corrected chi connectivity index (χ4v) is 5.24. The van der Waals surface area contributed by atoms with Crippen molar-refractivity contribution in [1.82, 2.24) is 4.90 Å². The monoisotopic (exact) mass is 273 g/mol. The molecule has 0 N–H and O–H groups in total. The summed E-state index contributed by atoms with van der Waals surface area (Å²) in [5.41, 5.74) is 3.45. The molecule has 2 fully saturated rings. The van der Waals surface area contributed by atoms with E-state index in [9.17, 15) is 0 Å². The Morgan fingerprint density at radius 3 is 2.89 bits per heavy atom. The number of likely N-dealkylation sites (tertiary alicyclic amines) is 1. The summed E-state index contributed by atoms with van der Waals surface area (Å²) in [5, 5.41) is 0. The van der Waals surface area contributed by atoms with E-state index in [4.69, 9.17) is 0 Å². The van der Waals surface area contributed by atoms with E-state index in [0.717, 1.165) is 17.9 Å². The van der Waals surface area contributed by atoms with Crippen molar-refractivity contribution in [2.45, 2.75) is 54.9 Å². The van der Waals surface area contributed by atoms with Crippen LogP contribution in [0.25, 0.3) is 0 Å². The normalized spacial score (nSPS) is 30.8. The van der Waals surface area contributed by atoms with Crippen molar-refractivity contribution < 1.29 is 0 Å². The van der Waals surface area contributed by atoms with E-state index in [1.807, 2.05) is 0 Å². The van der Waals surface area contributed by atoms with Crippen LogP contribution >= 0.6 is 11.8 Å². The molecule has 0 unspecified atom stereocenters. The van der Waals surface area contributed by atoms with Crippen molar-refractivity contribution in [3.05, 3.63) is 29.3 Å². The molecule has 2 heterocycles. The summed E-state index contributed by atoms with van der Waals surface area (Å²) in [6.45, 7) is 1.31. The van der Waals surface area contributed by atoms with Crippen LogP contribution in [-0.4, -0.2) is 30.3 Å². The van der Waals surface area contributed by atoms with Crippen LogP contribution in [0.4, 0.5) is 0 Å². The average molecular weight is 273 g/mol. The van der Waals surface area contributed by atoms with E-state index < -0.39 is 0 Å². The predicted molar refractivity (Wildman–Crippen MR) is 82.2 cm³/mol. The van der Waals surface area contributed by atoms with E-state index in [1.165, 1.54) is 44.4 Å². The van der Waals surface area contributed by atoms with E-state index in [1.54, 1.807) is 16.0 Å². The summed E-state index contributed by atoms with van der Waals surface area (Å²) >= 11 is 2.10. The zero-order valence-electron chi connectivity index (χ0n) is 11.8. The molecule has 0 spiro atoms. The highest BCUT2D eigenvalue weighted by Gasteiger charge is 2.35. The lowest BCUT2D eigenvalue weighted by atomic mass is 9.88. The first-order valence-corrected chi connectivity index (χ1v) is 8.77. The fourth-order valence-electron chi connectivity index (χ4n) is 3.94. The molecule has 0 radical (unpaired) electrons. The zero-order chi connectivity index (χ0) is 12.8. The summed E-state index contributed by atoms with van der Waals surface area (Å²) in [6.07, 6.45) is 7.06. The Hall–Kier alpha value is -0.470. The number of fused-ring (bicyclic) bond motifs is 1. The first-order valence-electron chi connectivity index (χ1n) is 7.79. The van der Waals surface area contributed by atoms with Crippen LogP contribution < -0.4 is 0 Å². The maximum Gasteiger partial charge on any atom is 0.0110 e. The van der Waals surface area contributed by atoms with Gasteiger partial charge in [-0.3, -0.25) is 0 Å². The van der Waals surface area contributed by atoms with Crippen molar-refractivity contribution in [3.8, 4) is 0 Å². The van der Waals surface area contributed by atoms with Gasteiger partial charge in [-0.05, 0) is 74.7 Å². The lowest BCUT2D eigenvalue weighted by molar-refractivity contribution is 0.286. The predicted octanol–water partition coefficient (Wildman–Crippen LogP) is 4.24. The molecule has 1 aromatic carbocycles. The SMILES string of the molecule is CN1CCC[C@@H]1C[C@H]1CSc2cccc(C3CC3)c21. The van der Waals surface area contributed by atoms with Crippen molar-refractivity contribution in [3.63, 3.8) is 0 Å². The van der Waals surface area contributed by atoms with Crippen molar-refractivity contribution in [2.75, 3.05) is 19.3 Å². The Labute approximate surface area is 120 Å². The van der Waals surface area contributed by atoms with Gasteiger partial charge in [-0.2, -0.15) is 0 Å². The molecule has 102 valence electrons. The second-order valence-electron chi connectivity index (χ2n) is 6.55. The van der Waals surface area contributed by atoms with Gasteiger partial charge in [0.05, 0.1) is 0 Å². The molecule has 2 atom stereocenters. The van der Waals surface area contributed by atoms with Gasteiger partial charge in [0.25, 0.3) is 0 Å². The van der Waals surface area contributed by atoms with Crippen LogP contribution in [0.2, 0.25) is 0 Å². The molecule has 1 aliphatic carbocycles. The highest BCUT2D eigenvalue weighted by molar-refractivity contribution is 7.99. The lowest BCUT2D eigenvalue weighted by Gasteiger charge is -2.24.